The lowest BCUT2D eigenvalue weighted by molar-refractivity contribution is 0.265. The van der Waals surface area contributed by atoms with Gasteiger partial charge in [-0.25, -0.2) is 0 Å². The summed E-state index contributed by atoms with van der Waals surface area (Å²) in [6.07, 6.45) is 3.60. The average Bonchev–Trinajstić information content (AvgIpc) is 3.28. The highest BCUT2D eigenvalue weighted by atomic mass is 16.5. The molecule has 1 aromatic heterocycles. The number of aromatic nitrogens is 2. The maximum Gasteiger partial charge on any atom is 0.234 e. The van der Waals surface area contributed by atoms with Crippen LogP contribution in [0.4, 0.5) is 0 Å². The van der Waals surface area contributed by atoms with Gasteiger partial charge < -0.3 is 19.3 Å². The molecule has 2 heterocycles. The third-order valence-corrected chi connectivity index (χ3v) is 5.28. The molecule has 4 rings (SSSR count). The van der Waals surface area contributed by atoms with Crippen LogP contribution in [-0.4, -0.2) is 37.4 Å². The van der Waals surface area contributed by atoms with Crippen molar-refractivity contribution in [3.05, 3.63) is 24.1 Å². The van der Waals surface area contributed by atoms with Gasteiger partial charge in [0.25, 0.3) is 0 Å². The third kappa shape index (κ3) is 2.20. The van der Waals surface area contributed by atoms with Gasteiger partial charge in [-0.2, -0.15) is 4.98 Å². The number of benzene rings is 1. The summed E-state index contributed by atoms with van der Waals surface area (Å²) in [5.74, 6) is 3.34. The molecule has 23 heavy (non-hydrogen) atoms. The number of hydrogen-bond acceptors (Lipinski definition) is 6. The Balaban J connectivity index is 1.68. The molecule has 1 N–H and O–H groups in total. The molecule has 0 radical (unpaired) electrons. The van der Waals surface area contributed by atoms with Crippen molar-refractivity contribution < 1.29 is 14.0 Å². The number of nitrogens with zero attached hydrogens (tertiary/aromatic N) is 2. The van der Waals surface area contributed by atoms with Gasteiger partial charge in [0.1, 0.15) is 0 Å². The summed E-state index contributed by atoms with van der Waals surface area (Å²) in [6, 6.07) is 5.66. The summed E-state index contributed by atoms with van der Waals surface area (Å²) in [4.78, 5) is 4.71. The smallest absolute Gasteiger partial charge is 0.234 e. The number of hydrogen-bond donors (Lipinski definition) is 1. The highest BCUT2D eigenvalue weighted by Crippen LogP contribution is 2.47. The fourth-order valence-corrected chi connectivity index (χ4v) is 4.02. The number of fused-ring (bicyclic) bond motifs is 1. The molecule has 2 atom stereocenters. The Kier molecular flexibility index (Phi) is 3.49. The monoisotopic (exact) mass is 315 g/mol. The molecule has 6 heteroatoms. The van der Waals surface area contributed by atoms with E-state index in [-0.39, 0.29) is 5.41 Å². The van der Waals surface area contributed by atoms with E-state index in [1.54, 1.807) is 14.2 Å². The minimum Gasteiger partial charge on any atom is -0.493 e. The van der Waals surface area contributed by atoms with Crippen LogP contribution in [0.3, 0.4) is 0 Å². The maximum absolute atomic E-state index is 5.66. The lowest BCUT2D eigenvalue weighted by Gasteiger charge is -2.22. The van der Waals surface area contributed by atoms with Gasteiger partial charge in [-0.3, -0.25) is 0 Å². The molecule has 2 aliphatic rings. The van der Waals surface area contributed by atoms with Crippen LogP contribution in [0.5, 0.6) is 11.5 Å². The lowest BCUT2D eigenvalue weighted by atomic mass is 9.80. The molecule has 0 bridgehead atoms. The fourth-order valence-electron chi connectivity index (χ4n) is 4.02. The molecule has 1 saturated carbocycles. The first kappa shape index (κ1) is 14.5. The van der Waals surface area contributed by atoms with Crippen LogP contribution < -0.4 is 14.8 Å². The van der Waals surface area contributed by atoms with Crippen molar-refractivity contribution in [1.82, 2.24) is 15.5 Å². The number of methoxy groups -OCH3 is 2. The van der Waals surface area contributed by atoms with Gasteiger partial charge in [0, 0.05) is 12.1 Å². The Labute approximate surface area is 135 Å². The molecule has 1 saturated heterocycles. The predicted octanol–water partition coefficient (Wildman–Crippen LogP) is 2.39. The third-order valence-electron chi connectivity index (χ3n) is 5.28. The Morgan fingerprint density at radius 1 is 1.26 bits per heavy atom. The molecule has 1 aliphatic heterocycles. The fraction of sp³-hybridized carbons (Fsp3) is 0.529. The van der Waals surface area contributed by atoms with Gasteiger partial charge >= 0.3 is 0 Å². The molecule has 122 valence electrons. The molecule has 1 aliphatic carbocycles. The summed E-state index contributed by atoms with van der Waals surface area (Å²) in [6.45, 7) is 1.99. The lowest BCUT2D eigenvalue weighted by Crippen LogP contribution is -2.31. The van der Waals surface area contributed by atoms with Gasteiger partial charge in [-0.05, 0) is 43.5 Å². The van der Waals surface area contributed by atoms with Crippen LogP contribution in [0.2, 0.25) is 0 Å². The van der Waals surface area contributed by atoms with E-state index in [9.17, 15) is 0 Å². The first-order valence-corrected chi connectivity index (χ1v) is 8.04. The van der Waals surface area contributed by atoms with E-state index in [4.69, 9.17) is 19.0 Å². The van der Waals surface area contributed by atoms with Crippen molar-refractivity contribution in [3.8, 4) is 22.9 Å². The molecule has 0 unspecified atom stereocenters. The minimum atomic E-state index is 0.0296. The molecule has 6 nitrogen and oxygen atoms in total. The molecule has 0 spiro atoms. The van der Waals surface area contributed by atoms with Crippen LogP contribution in [0.15, 0.2) is 22.7 Å². The number of nitrogens with one attached hydrogen (secondary N) is 1. The van der Waals surface area contributed by atoms with Crippen LogP contribution in [0.1, 0.15) is 25.2 Å². The van der Waals surface area contributed by atoms with E-state index >= 15 is 0 Å². The van der Waals surface area contributed by atoms with Crippen LogP contribution >= 0.6 is 0 Å². The SMILES string of the molecule is COc1ccc(-c2noc([C@@]34CCC[C@@H]3CNC4)n2)cc1OC. The van der Waals surface area contributed by atoms with E-state index < -0.39 is 0 Å². The Hall–Kier alpha value is -2.08. The Morgan fingerprint density at radius 2 is 2.13 bits per heavy atom. The van der Waals surface area contributed by atoms with Gasteiger partial charge in [0.2, 0.25) is 11.7 Å². The van der Waals surface area contributed by atoms with Gasteiger partial charge in [0.15, 0.2) is 11.5 Å². The van der Waals surface area contributed by atoms with Crippen LogP contribution in [-0.2, 0) is 5.41 Å². The number of ether oxygens (including phenoxy) is 2. The molecular formula is C17H21N3O3. The Morgan fingerprint density at radius 3 is 2.96 bits per heavy atom. The Bertz CT molecular complexity index is 703. The normalized spacial score (nSPS) is 26.3. The first-order valence-electron chi connectivity index (χ1n) is 8.04. The topological polar surface area (TPSA) is 69.4 Å². The van der Waals surface area contributed by atoms with Gasteiger partial charge in [-0.1, -0.05) is 11.6 Å². The van der Waals surface area contributed by atoms with Crippen molar-refractivity contribution in [2.45, 2.75) is 24.7 Å². The van der Waals surface area contributed by atoms with Crippen molar-refractivity contribution in [1.29, 1.82) is 0 Å². The van der Waals surface area contributed by atoms with Gasteiger partial charge in [0.05, 0.1) is 19.6 Å². The van der Waals surface area contributed by atoms with Crippen molar-refractivity contribution in [3.63, 3.8) is 0 Å². The maximum atomic E-state index is 5.66. The standard InChI is InChI=1S/C17H21N3O3/c1-21-13-6-5-11(8-14(13)22-2)15-19-16(23-20-15)17-7-3-4-12(17)9-18-10-17/h5-6,8,12,18H,3-4,7,9-10H2,1-2H3/t12-,17-/m1/s1. The second-order valence-corrected chi connectivity index (χ2v) is 6.37. The van der Waals surface area contributed by atoms with Crippen LogP contribution in [0, 0.1) is 5.92 Å². The summed E-state index contributed by atoms with van der Waals surface area (Å²) in [7, 11) is 3.24. The highest BCUT2D eigenvalue weighted by molar-refractivity contribution is 5.60. The summed E-state index contributed by atoms with van der Waals surface area (Å²) < 4.78 is 16.3. The van der Waals surface area contributed by atoms with Crippen LogP contribution in [0.25, 0.3) is 11.4 Å². The van der Waals surface area contributed by atoms with Crippen molar-refractivity contribution in [2.24, 2.45) is 5.92 Å². The predicted molar refractivity (Wildman–Crippen MR) is 84.7 cm³/mol. The summed E-state index contributed by atoms with van der Waals surface area (Å²) in [5, 5.41) is 7.69. The van der Waals surface area contributed by atoms with E-state index in [1.807, 2.05) is 18.2 Å². The largest absolute Gasteiger partial charge is 0.493 e. The van der Waals surface area contributed by atoms with Gasteiger partial charge in [-0.15, -0.1) is 0 Å². The second-order valence-electron chi connectivity index (χ2n) is 6.37. The summed E-state index contributed by atoms with van der Waals surface area (Å²) in [5.41, 5.74) is 0.900. The zero-order valence-electron chi connectivity index (χ0n) is 13.5. The van der Waals surface area contributed by atoms with E-state index in [0.717, 1.165) is 31.0 Å². The molecule has 2 aromatic rings. The van der Waals surface area contributed by atoms with E-state index in [1.165, 1.54) is 12.8 Å². The van der Waals surface area contributed by atoms with Crippen molar-refractivity contribution >= 4 is 0 Å². The highest BCUT2D eigenvalue weighted by Gasteiger charge is 2.51. The zero-order chi connectivity index (χ0) is 15.9. The zero-order valence-corrected chi connectivity index (χ0v) is 13.5. The summed E-state index contributed by atoms with van der Waals surface area (Å²) >= 11 is 0. The second kappa shape index (κ2) is 5.53. The average molecular weight is 315 g/mol. The first-order chi connectivity index (χ1) is 11.3. The quantitative estimate of drug-likeness (QED) is 0.934. The number of rotatable bonds is 4. The molecule has 0 amide bonds. The molecular weight excluding hydrogens is 294 g/mol. The van der Waals surface area contributed by atoms with Crippen molar-refractivity contribution in [2.75, 3.05) is 27.3 Å². The van der Waals surface area contributed by atoms with E-state index in [0.29, 0.717) is 23.2 Å². The minimum absolute atomic E-state index is 0.0296. The molecule has 2 fully saturated rings. The molecule has 1 aromatic carbocycles. The van der Waals surface area contributed by atoms with E-state index in [2.05, 4.69) is 10.5 Å².